The number of nitrogens with zero attached hydrogens (tertiary/aromatic N) is 2. The van der Waals surface area contributed by atoms with Gasteiger partial charge in [-0.15, -0.1) is 0 Å². The fraction of sp³-hybridized carbons (Fsp3) is 0.636. The Morgan fingerprint density at radius 2 is 1.94 bits per heavy atom. The smallest absolute Gasteiger partial charge is 0.356 e. The molecule has 0 atom stereocenters. The Labute approximate surface area is 107 Å². The molecule has 7 heteroatoms. The Hall–Kier alpha value is -1.37. The van der Waals surface area contributed by atoms with Crippen molar-refractivity contribution in [2.75, 3.05) is 0 Å². The molecule has 0 aromatic carbocycles. The summed E-state index contributed by atoms with van der Waals surface area (Å²) in [7, 11) is -3.30. The van der Waals surface area contributed by atoms with Crippen LogP contribution >= 0.6 is 0 Å². The predicted octanol–water partition coefficient (Wildman–Crippen LogP) is 1.49. The second-order valence-electron chi connectivity index (χ2n) is 4.70. The number of rotatable bonds is 5. The molecule has 0 aliphatic heterocycles. The fourth-order valence-corrected chi connectivity index (χ4v) is 2.34. The Morgan fingerprint density at radius 3 is 2.33 bits per heavy atom. The molecule has 1 aromatic heterocycles. The van der Waals surface area contributed by atoms with Gasteiger partial charge in [0.15, 0.2) is 15.5 Å². The van der Waals surface area contributed by atoms with Crippen LogP contribution in [0.3, 0.4) is 0 Å². The van der Waals surface area contributed by atoms with Gasteiger partial charge >= 0.3 is 5.97 Å². The minimum absolute atomic E-state index is 0.0389. The molecule has 0 bridgehead atoms. The van der Waals surface area contributed by atoms with Crippen molar-refractivity contribution in [1.82, 2.24) is 9.55 Å². The predicted molar refractivity (Wildman–Crippen MR) is 67.3 cm³/mol. The van der Waals surface area contributed by atoms with E-state index >= 15 is 0 Å². The number of carboxylic acid groups (broad SMARTS) is 1. The van der Waals surface area contributed by atoms with Crippen LogP contribution < -0.4 is 0 Å². The van der Waals surface area contributed by atoms with Crippen LogP contribution in [0.15, 0.2) is 6.20 Å². The first-order valence-corrected chi connectivity index (χ1v) is 7.39. The molecule has 1 rings (SSSR count). The third-order valence-electron chi connectivity index (χ3n) is 2.63. The average molecular weight is 274 g/mol. The number of carbonyl (C=O) groups is 1. The Kier molecular flexibility index (Phi) is 4.16. The van der Waals surface area contributed by atoms with Crippen molar-refractivity contribution in [3.05, 3.63) is 17.7 Å². The third-order valence-corrected chi connectivity index (χ3v) is 4.73. The van der Waals surface area contributed by atoms with Crippen LogP contribution in [0.2, 0.25) is 0 Å². The zero-order valence-corrected chi connectivity index (χ0v) is 11.7. The SMILES string of the molecule is CC(C)n1cc(C(=O)O)nc1CS(=O)(=O)C(C)C. The van der Waals surface area contributed by atoms with Gasteiger partial charge < -0.3 is 9.67 Å². The van der Waals surface area contributed by atoms with Crippen LogP contribution in [0.1, 0.15) is 50.0 Å². The monoisotopic (exact) mass is 274 g/mol. The number of hydrogen-bond acceptors (Lipinski definition) is 4. The van der Waals surface area contributed by atoms with Gasteiger partial charge in [-0.25, -0.2) is 18.2 Å². The summed E-state index contributed by atoms with van der Waals surface area (Å²) in [6.07, 6.45) is 1.37. The number of aromatic nitrogens is 2. The number of carboxylic acids is 1. The summed E-state index contributed by atoms with van der Waals surface area (Å²) in [5.74, 6) is -1.12. The third kappa shape index (κ3) is 3.10. The van der Waals surface area contributed by atoms with Crippen LogP contribution in [0.25, 0.3) is 0 Å². The van der Waals surface area contributed by atoms with Gasteiger partial charge in [0.1, 0.15) is 11.6 Å². The Bertz CT molecular complexity index is 543. The maximum absolute atomic E-state index is 11.9. The molecule has 1 N–H and O–H groups in total. The molecule has 0 saturated carbocycles. The number of hydrogen-bond donors (Lipinski definition) is 1. The molecule has 0 aliphatic carbocycles. The molecular weight excluding hydrogens is 256 g/mol. The molecule has 0 unspecified atom stereocenters. The van der Waals surface area contributed by atoms with Crippen LogP contribution in [-0.2, 0) is 15.6 Å². The average Bonchev–Trinajstić information content (AvgIpc) is 2.60. The summed E-state index contributed by atoms with van der Waals surface area (Å²) < 4.78 is 25.3. The van der Waals surface area contributed by atoms with Crippen molar-refractivity contribution in [3.8, 4) is 0 Å². The first-order chi connectivity index (χ1) is 8.15. The van der Waals surface area contributed by atoms with Gasteiger partial charge in [-0.3, -0.25) is 0 Å². The van der Waals surface area contributed by atoms with Crippen molar-refractivity contribution in [2.24, 2.45) is 0 Å². The number of imidazole rings is 1. The van der Waals surface area contributed by atoms with E-state index in [1.54, 1.807) is 18.4 Å². The van der Waals surface area contributed by atoms with Crippen LogP contribution in [0.4, 0.5) is 0 Å². The summed E-state index contributed by atoms with van der Waals surface area (Å²) in [6, 6.07) is -0.0389. The molecule has 1 aromatic rings. The molecule has 0 aliphatic rings. The second kappa shape index (κ2) is 5.09. The van der Waals surface area contributed by atoms with E-state index in [0.29, 0.717) is 0 Å². The summed E-state index contributed by atoms with van der Waals surface area (Å²) in [4.78, 5) is 14.7. The summed E-state index contributed by atoms with van der Waals surface area (Å²) in [5.41, 5.74) is -0.127. The van der Waals surface area contributed by atoms with Crippen LogP contribution in [0.5, 0.6) is 0 Å². The highest BCUT2D eigenvalue weighted by Gasteiger charge is 2.23. The summed E-state index contributed by atoms with van der Waals surface area (Å²) in [5, 5.41) is 8.38. The summed E-state index contributed by atoms with van der Waals surface area (Å²) in [6.45, 7) is 6.88. The van der Waals surface area contributed by atoms with E-state index in [0.717, 1.165) is 0 Å². The molecule has 0 saturated heterocycles. The van der Waals surface area contributed by atoms with Gasteiger partial charge in [-0.05, 0) is 27.7 Å². The summed E-state index contributed by atoms with van der Waals surface area (Å²) >= 11 is 0. The van der Waals surface area contributed by atoms with Crippen molar-refractivity contribution in [1.29, 1.82) is 0 Å². The molecule has 18 heavy (non-hydrogen) atoms. The minimum atomic E-state index is -3.30. The molecule has 1 heterocycles. The van der Waals surface area contributed by atoms with E-state index in [-0.39, 0.29) is 23.3 Å². The lowest BCUT2D eigenvalue weighted by Gasteiger charge is -2.12. The normalized spacial score (nSPS) is 12.3. The highest BCUT2D eigenvalue weighted by molar-refractivity contribution is 7.91. The van der Waals surface area contributed by atoms with E-state index in [1.165, 1.54) is 6.20 Å². The van der Waals surface area contributed by atoms with E-state index in [2.05, 4.69) is 4.98 Å². The standard InChI is InChI=1S/C11H18N2O4S/c1-7(2)13-5-9(11(14)15)12-10(13)6-18(16,17)8(3)4/h5,7-8H,6H2,1-4H3,(H,14,15). The molecule has 102 valence electrons. The lowest BCUT2D eigenvalue weighted by molar-refractivity contribution is 0.0691. The van der Waals surface area contributed by atoms with Gasteiger partial charge in [0.2, 0.25) is 0 Å². The van der Waals surface area contributed by atoms with Gasteiger partial charge in [-0.1, -0.05) is 0 Å². The number of sulfone groups is 1. The van der Waals surface area contributed by atoms with Crippen molar-refractivity contribution in [3.63, 3.8) is 0 Å². The first kappa shape index (κ1) is 14.7. The highest BCUT2D eigenvalue weighted by atomic mass is 32.2. The van der Waals surface area contributed by atoms with Crippen molar-refractivity contribution < 1.29 is 18.3 Å². The zero-order chi connectivity index (χ0) is 14.1. The van der Waals surface area contributed by atoms with Crippen LogP contribution in [-0.4, -0.2) is 34.3 Å². The van der Waals surface area contributed by atoms with Gasteiger partial charge in [0.25, 0.3) is 0 Å². The quantitative estimate of drug-likeness (QED) is 0.878. The second-order valence-corrected chi connectivity index (χ2v) is 7.26. The van der Waals surface area contributed by atoms with Gasteiger partial charge in [-0.2, -0.15) is 0 Å². The van der Waals surface area contributed by atoms with E-state index in [4.69, 9.17) is 5.11 Å². The van der Waals surface area contributed by atoms with Gasteiger partial charge in [0, 0.05) is 12.2 Å². The van der Waals surface area contributed by atoms with E-state index in [1.807, 2.05) is 13.8 Å². The lowest BCUT2D eigenvalue weighted by Crippen LogP contribution is -2.19. The molecule has 0 fully saturated rings. The van der Waals surface area contributed by atoms with Crippen molar-refractivity contribution >= 4 is 15.8 Å². The Morgan fingerprint density at radius 1 is 1.39 bits per heavy atom. The molecule has 6 nitrogen and oxygen atoms in total. The number of aromatic carboxylic acids is 1. The molecule has 0 radical (unpaired) electrons. The molecule has 0 amide bonds. The van der Waals surface area contributed by atoms with E-state index < -0.39 is 21.1 Å². The maximum atomic E-state index is 11.9. The zero-order valence-electron chi connectivity index (χ0n) is 10.9. The van der Waals surface area contributed by atoms with Gasteiger partial charge in [0.05, 0.1) is 5.25 Å². The Balaban J connectivity index is 3.20. The molecular formula is C11H18N2O4S. The topological polar surface area (TPSA) is 89.3 Å². The first-order valence-electron chi connectivity index (χ1n) is 5.67. The van der Waals surface area contributed by atoms with Crippen molar-refractivity contribution in [2.45, 2.75) is 44.7 Å². The lowest BCUT2D eigenvalue weighted by atomic mass is 10.4. The van der Waals surface area contributed by atoms with Crippen LogP contribution in [0, 0.1) is 0 Å². The minimum Gasteiger partial charge on any atom is -0.476 e. The van der Waals surface area contributed by atoms with E-state index in [9.17, 15) is 13.2 Å². The maximum Gasteiger partial charge on any atom is 0.356 e. The largest absolute Gasteiger partial charge is 0.476 e. The highest BCUT2D eigenvalue weighted by Crippen LogP contribution is 2.16. The molecule has 0 spiro atoms. The fourth-order valence-electron chi connectivity index (χ4n) is 1.44.